The number of benzene rings is 2. The number of carboxylic acid groups (broad SMARTS) is 1. The van der Waals surface area contributed by atoms with Crippen LogP contribution in [-0.4, -0.2) is 21.7 Å². The third-order valence-corrected chi connectivity index (χ3v) is 4.27. The molecule has 0 aliphatic heterocycles. The molecule has 0 heterocycles. The van der Waals surface area contributed by atoms with E-state index < -0.39 is 22.5 Å². The summed E-state index contributed by atoms with van der Waals surface area (Å²) in [5, 5.41) is 25.4. The van der Waals surface area contributed by atoms with E-state index in [1.54, 1.807) is 0 Å². The molecule has 0 spiro atoms. The first-order valence-electron chi connectivity index (χ1n) is 7.69. The summed E-state index contributed by atoms with van der Waals surface area (Å²) in [6, 6.07) is 13.8. The summed E-state index contributed by atoms with van der Waals surface area (Å²) in [5.74, 6) is -2.46. The molecule has 0 radical (unpaired) electrons. The van der Waals surface area contributed by atoms with Crippen LogP contribution >= 0.6 is 0 Å². The number of nitrogens with two attached hydrogens (primary N) is 1. The van der Waals surface area contributed by atoms with Gasteiger partial charge in [0.25, 0.3) is 5.70 Å². The minimum Gasteiger partial charge on any atom is -0.481 e. The SMILES string of the molecule is NC1(NCc2ccc3ccccc3c2)C=CC([N+](=O)[O-])=CC1C(=O)O. The van der Waals surface area contributed by atoms with Crippen LogP contribution in [0.3, 0.4) is 0 Å². The molecule has 0 amide bonds. The Bertz CT molecular complexity index is 906. The number of nitrogens with one attached hydrogen (secondary N) is 1. The fraction of sp³-hybridized carbons (Fsp3) is 0.167. The van der Waals surface area contributed by atoms with Crippen molar-refractivity contribution in [2.45, 2.75) is 12.2 Å². The second kappa shape index (κ2) is 6.46. The van der Waals surface area contributed by atoms with Crippen LogP contribution < -0.4 is 11.1 Å². The Morgan fingerprint density at radius 1 is 1.28 bits per heavy atom. The van der Waals surface area contributed by atoms with Crippen LogP contribution in [0.5, 0.6) is 0 Å². The molecule has 1 aliphatic rings. The number of allylic oxidation sites excluding steroid dienone is 1. The van der Waals surface area contributed by atoms with Crippen molar-refractivity contribution in [2.24, 2.45) is 11.7 Å². The van der Waals surface area contributed by atoms with Crippen molar-refractivity contribution in [1.29, 1.82) is 0 Å². The van der Waals surface area contributed by atoms with Crippen molar-refractivity contribution in [3.63, 3.8) is 0 Å². The van der Waals surface area contributed by atoms with E-state index in [1.807, 2.05) is 42.5 Å². The molecule has 128 valence electrons. The summed E-state index contributed by atoms with van der Waals surface area (Å²) >= 11 is 0. The van der Waals surface area contributed by atoms with E-state index in [2.05, 4.69) is 5.32 Å². The summed E-state index contributed by atoms with van der Waals surface area (Å²) in [4.78, 5) is 21.7. The quantitative estimate of drug-likeness (QED) is 0.436. The molecule has 2 unspecified atom stereocenters. The van der Waals surface area contributed by atoms with E-state index in [0.717, 1.165) is 22.4 Å². The van der Waals surface area contributed by atoms with Crippen LogP contribution in [0.15, 0.2) is 66.4 Å². The van der Waals surface area contributed by atoms with Gasteiger partial charge in [0.15, 0.2) is 0 Å². The van der Waals surface area contributed by atoms with E-state index in [0.29, 0.717) is 6.54 Å². The normalized spacial score (nSPS) is 22.6. The van der Waals surface area contributed by atoms with Crippen LogP contribution in [0.1, 0.15) is 5.56 Å². The van der Waals surface area contributed by atoms with Crippen molar-refractivity contribution in [3.05, 3.63) is 82.1 Å². The summed E-state index contributed by atoms with van der Waals surface area (Å²) in [6.45, 7) is 0.330. The molecule has 7 heteroatoms. The Morgan fingerprint density at radius 3 is 2.68 bits per heavy atom. The Kier molecular flexibility index (Phi) is 4.35. The average molecular weight is 339 g/mol. The highest BCUT2D eigenvalue weighted by atomic mass is 16.6. The lowest BCUT2D eigenvalue weighted by molar-refractivity contribution is -0.419. The highest BCUT2D eigenvalue weighted by Crippen LogP contribution is 2.25. The maximum absolute atomic E-state index is 11.5. The van der Waals surface area contributed by atoms with Crippen LogP contribution in [0, 0.1) is 16.0 Å². The zero-order valence-electron chi connectivity index (χ0n) is 13.3. The lowest BCUT2D eigenvalue weighted by Crippen LogP contribution is -2.59. The van der Waals surface area contributed by atoms with E-state index in [-0.39, 0.29) is 5.70 Å². The van der Waals surface area contributed by atoms with Crippen molar-refractivity contribution in [3.8, 4) is 0 Å². The van der Waals surface area contributed by atoms with E-state index in [4.69, 9.17) is 5.73 Å². The number of hydrogen-bond donors (Lipinski definition) is 3. The maximum atomic E-state index is 11.5. The van der Waals surface area contributed by atoms with E-state index in [1.165, 1.54) is 12.2 Å². The Morgan fingerprint density at radius 2 is 2.00 bits per heavy atom. The number of carbonyl (C=O) groups is 1. The van der Waals surface area contributed by atoms with Crippen molar-refractivity contribution >= 4 is 16.7 Å². The molecule has 0 aromatic heterocycles. The predicted molar refractivity (Wildman–Crippen MR) is 93.0 cm³/mol. The molecular weight excluding hydrogens is 322 g/mol. The zero-order valence-corrected chi connectivity index (χ0v) is 13.3. The first-order valence-corrected chi connectivity index (χ1v) is 7.69. The molecule has 1 aliphatic carbocycles. The van der Waals surface area contributed by atoms with Crippen LogP contribution in [-0.2, 0) is 11.3 Å². The van der Waals surface area contributed by atoms with Gasteiger partial charge in [-0.3, -0.25) is 20.2 Å². The molecule has 0 bridgehead atoms. The number of carboxylic acids is 1. The van der Waals surface area contributed by atoms with Crippen LogP contribution in [0.4, 0.5) is 0 Å². The third kappa shape index (κ3) is 3.42. The van der Waals surface area contributed by atoms with E-state index >= 15 is 0 Å². The largest absolute Gasteiger partial charge is 0.481 e. The predicted octanol–water partition coefficient (Wildman–Crippen LogP) is 2.02. The van der Waals surface area contributed by atoms with Crippen LogP contribution in [0.25, 0.3) is 10.8 Å². The number of fused-ring (bicyclic) bond motifs is 1. The van der Waals surface area contributed by atoms with E-state index in [9.17, 15) is 20.0 Å². The minimum atomic E-state index is -1.41. The Hall–Kier alpha value is -3.03. The molecule has 0 saturated carbocycles. The highest BCUT2D eigenvalue weighted by molar-refractivity contribution is 5.83. The molecule has 4 N–H and O–H groups in total. The minimum absolute atomic E-state index is 0.277. The molecule has 0 fully saturated rings. The zero-order chi connectivity index (χ0) is 18.0. The second-order valence-corrected chi connectivity index (χ2v) is 5.97. The smallest absolute Gasteiger partial charge is 0.314 e. The van der Waals surface area contributed by atoms with Gasteiger partial charge in [0.05, 0.1) is 4.92 Å². The van der Waals surface area contributed by atoms with Gasteiger partial charge in [0, 0.05) is 18.7 Å². The maximum Gasteiger partial charge on any atom is 0.314 e. The molecular formula is C18H17N3O4. The van der Waals surface area contributed by atoms with Crippen molar-refractivity contribution < 1.29 is 14.8 Å². The number of nitrogens with zero attached hydrogens (tertiary/aromatic N) is 1. The van der Waals surface area contributed by atoms with Crippen molar-refractivity contribution in [2.75, 3.05) is 0 Å². The molecule has 2 aromatic carbocycles. The Balaban J connectivity index is 1.81. The fourth-order valence-electron chi connectivity index (χ4n) is 2.86. The number of rotatable bonds is 5. The molecule has 2 atom stereocenters. The average Bonchev–Trinajstić information content (AvgIpc) is 2.59. The van der Waals surface area contributed by atoms with Crippen molar-refractivity contribution in [1.82, 2.24) is 5.32 Å². The summed E-state index contributed by atoms with van der Waals surface area (Å²) in [6.07, 6.45) is 3.63. The summed E-state index contributed by atoms with van der Waals surface area (Å²) in [5.41, 5.74) is 5.43. The second-order valence-electron chi connectivity index (χ2n) is 5.97. The number of hydrogen-bond acceptors (Lipinski definition) is 5. The standard InChI is InChI=1S/C18H17N3O4/c19-18(8-7-15(21(24)25)10-16(18)17(22)23)20-11-12-5-6-13-3-1-2-4-14(13)9-12/h1-10,16,20H,11,19H2,(H,22,23). The van der Waals surface area contributed by atoms with Gasteiger partial charge in [0.2, 0.25) is 0 Å². The summed E-state index contributed by atoms with van der Waals surface area (Å²) in [7, 11) is 0. The van der Waals surface area contributed by atoms with Gasteiger partial charge in [-0.15, -0.1) is 0 Å². The third-order valence-electron chi connectivity index (χ3n) is 4.27. The van der Waals surface area contributed by atoms with Gasteiger partial charge < -0.3 is 10.8 Å². The monoisotopic (exact) mass is 339 g/mol. The summed E-state index contributed by atoms with van der Waals surface area (Å²) < 4.78 is 0. The van der Waals surface area contributed by atoms with Gasteiger partial charge in [-0.1, -0.05) is 36.4 Å². The molecule has 25 heavy (non-hydrogen) atoms. The number of nitro groups is 1. The van der Waals surface area contributed by atoms with Gasteiger partial charge >= 0.3 is 5.97 Å². The Labute approximate surface area is 143 Å². The molecule has 7 nitrogen and oxygen atoms in total. The van der Waals surface area contributed by atoms with Crippen LogP contribution in [0.2, 0.25) is 0 Å². The lowest BCUT2D eigenvalue weighted by atomic mass is 9.87. The molecule has 2 aromatic rings. The van der Waals surface area contributed by atoms with Gasteiger partial charge in [-0.05, 0) is 28.5 Å². The fourth-order valence-corrected chi connectivity index (χ4v) is 2.86. The van der Waals surface area contributed by atoms with Gasteiger partial charge in [-0.2, -0.15) is 0 Å². The molecule has 0 saturated heterocycles. The first kappa shape index (κ1) is 16.8. The van der Waals surface area contributed by atoms with Gasteiger partial charge in [0.1, 0.15) is 11.6 Å². The first-order chi connectivity index (χ1) is 11.9. The number of aliphatic carboxylic acids is 1. The molecule has 3 rings (SSSR count). The van der Waals surface area contributed by atoms with Gasteiger partial charge in [-0.25, -0.2) is 0 Å². The highest BCUT2D eigenvalue weighted by Gasteiger charge is 2.40. The lowest BCUT2D eigenvalue weighted by Gasteiger charge is -2.33. The topological polar surface area (TPSA) is 118 Å².